The van der Waals surface area contributed by atoms with Gasteiger partial charge in [0.05, 0.1) is 17.9 Å². The number of hydrogen-bond acceptors (Lipinski definition) is 9. The van der Waals surface area contributed by atoms with Crippen LogP contribution in [0.5, 0.6) is 5.88 Å². The lowest BCUT2D eigenvalue weighted by molar-refractivity contribution is -0.139. The zero-order valence-electron chi connectivity index (χ0n) is 21.1. The van der Waals surface area contributed by atoms with Gasteiger partial charge in [-0.15, -0.1) is 0 Å². The highest BCUT2D eigenvalue weighted by Crippen LogP contribution is 2.36. The number of anilines is 1. The van der Waals surface area contributed by atoms with Gasteiger partial charge in [0.1, 0.15) is 23.4 Å². The fourth-order valence-electron chi connectivity index (χ4n) is 4.68. The molecule has 1 amide bonds. The van der Waals surface area contributed by atoms with Crippen LogP contribution in [0.4, 0.5) is 5.13 Å². The van der Waals surface area contributed by atoms with Crippen LogP contribution in [0.25, 0.3) is 10.3 Å². The number of thiazole rings is 1. The van der Waals surface area contributed by atoms with Crippen LogP contribution in [0, 0.1) is 5.92 Å². The van der Waals surface area contributed by atoms with Crippen molar-refractivity contribution >= 4 is 54.7 Å². The predicted octanol–water partition coefficient (Wildman–Crippen LogP) is 3.16. The van der Waals surface area contributed by atoms with Crippen molar-refractivity contribution in [3.8, 4) is 5.88 Å². The summed E-state index contributed by atoms with van der Waals surface area (Å²) in [6.45, 7) is -1.99. The molecule has 1 unspecified atom stereocenters. The van der Waals surface area contributed by atoms with Crippen molar-refractivity contribution in [1.82, 2.24) is 14.3 Å². The lowest BCUT2D eigenvalue weighted by Gasteiger charge is -2.21. The number of nitrogens with zero attached hydrogens (tertiary/aromatic N) is 3. The molecule has 12 nitrogen and oxygen atoms in total. The van der Waals surface area contributed by atoms with Gasteiger partial charge < -0.3 is 20.3 Å². The lowest BCUT2D eigenvalue weighted by atomic mass is 9.87. The number of fused-ring (bicyclic) bond motifs is 1. The van der Waals surface area contributed by atoms with E-state index in [-0.39, 0.29) is 10.8 Å². The van der Waals surface area contributed by atoms with Gasteiger partial charge in [0.15, 0.2) is 5.13 Å². The Morgan fingerprint density at radius 1 is 1.05 bits per heavy atom. The largest absolute Gasteiger partial charge is 0.481 e. The zero-order chi connectivity index (χ0) is 28.2. The molecule has 0 saturated heterocycles. The first-order chi connectivity index (χ1) is 18.6. The summed E-state index contributed by atoms with van der Waals surface area (Å²) in [5, 5.41) is 21.4. The van der Waals surface area contributed by atoms with E-state index in [4.69, 9.17) is 14.9 Å². The number of carboxylic acids is 2. The van der Waals surface area contributed by atoms with Crippen molar-refractivity contribution in [1.29, 1.82) is 0 Å². The molecular formula is C25H28N4O8S2. The molecule has 1 aliphatic carbocycles. The van der Waals surface area contributed by atoms with Gasteiger partial charge in [-0.2, -0.15) is 4.31 Å². The Hall–Kier alpha value is -3.62. The molecule has 1 aromatic carbocycles. The number of pyridine rings is 1. The van der Waals surface area contributed by atoms with Crippen molar-refractivity contribution in [3.05, 3.63) is 42.0 Å². The second-order valence-electron chi connectivity index (χ2n) is 9.25. The number of carbonyl (C=O) groups excluding carboxylic acids is 1. The van der Waals surface area contributed by atoms with Crippen LogP contribution in [0.2, 0.25) is 0 Å². The minimum atomic E-state index is -4.40. The highest BCUT2D eigenvalue weighted by Gasteiger charge is 2.31. The molecule has 0 bridgehead atoms. The first kappa shape index (κ1) is 28.4. The Morgan fingerprint density at radius 3 is 2.28 bits per heavy atom. The molecule has 14 heteroatoms. The fraction of sp³-hybridized carbons (Fsp3) is 0.400. The van der Waals surface area contributed by atoms with Crippen molar-refractivity contribution in [2.45, 2.75) is 42.9 Å². The average molecular weight is 577 g/mol. The molecule has 1 aliphatic rings. The molecule has 1 fully saturated rings. The number of methoxy groups -OCH3 is 1. The normalized spacial score (nSPS) is 14.9. The molecule has 1 atom stereocenters. The summed E-state index contributed by atoms with van der Waals surface area (Å²) in [6.07, 6.45) is 4.75. The van der Waals surface area contributed by atoms with Crippen LogP contribution < -0.4 is 10.1 Å². The highest BCUT2D eigenvalue weighted by molar-refractivity contribution is 7.89. The number of aromatic nitrogens is 2. The molecule has 2 aromatic heterocycles. The van der Waals surface area contributed by atoms with Gasteiger partial charge in [0, 0.05) is 6.07 Å². The van der Waals surface area contributed by atoms with Crippen molar-refractivity contribution in [2.24, 2.45) is 5.92 Å². The van der Waals surface area contributed by atoms with E-state index in [1.54, 1.807) is 12.1 Å². The van der Waals surface area contributed by atoms with Crippen LogP contribution in [-0.2, 0) is 24.4 Å². The van der Waals surface area contributed by atoms with E-state index in [9.17, 15) is 22.8 Å². The van der Waals surface area contributed by atoms with Crippen LogP contribution in [0.3, 0.4) is 0 Å². The van der Waals surface area contributed by atoms with E-state index in [1.807, 2.05) is 0 Å². The van der Waals surface area contributed by atoms with Gasteiger partial charge >= 0.3 is 11.9 Å². The number of carbonyl (C=O) groups is 3. The molecular weight excluding hydrogens is 548 g/mol. The van der Waals surface area contributed by atoms with Gasteiger partial charge in [-0.05, 0) is 36.1 Å². The van der Waals surface area contributed by atoms with Gasteiger partial charge in [-0.3, -0.25) is 14.4 Å². The Balaban J connectivity index is 1.59. The third-order valence-electron chi connectivity index (χ3n) is 6.57. The first-order valence-corrected chi connectivity index (χ1v) is 14.5. The van der Waals surface area contributed by atoms with E-state index in [1.165, 1.54) is 42.7 Å². The third kappa shape index (κ3) is 6.88. The topological polar surface area (TPSA) is 176 Å². The van der Waals surface area contributed by atoms with E-state index in [0.29, 0.717) is 43.6 Å². The van der Waals surface area contributed by atoms with Crippen LogP contribution in [0.1, 0.15) is 43.6 Å². The molecule has 2 heterocycles. The van der Waals surface area contributed by atoms with Crippen molar-refractivity contribution in [3.63, 3.8) is 0 Å². The maximum atomic E-state index is 13.5. The monoisotopic (exact) mass is 576 g/mol. The Kier molecular flexibility index (Phi) is 8.77. The van der Waals surface area contributed by atoms with Gasteiger partial charge in [0.25, 0.3) is 0 Å². The second kappa shape index (κ2) is 12.1. The molecule has 0 spiro atoms. The standard InChI is InChI=1S/C25H28N4O8S2/c1-37-20-11-10-19-24(27-20)38-25(26-19)28-23(34)18(12-15-4-2-3-5-15)16-6-8-17(9-7-16)39(35,36)29(13-21(30)31)14-22(32)33/h6-11,15,18H,2-5,12-14H2,1H3,(H,30,31)(H,32,33)(H,26,28,34). The van der Waals surface area contributed by atoms with E-state index < -0.39 is 41.0 Å². The Morgan fingerprint density at radius 2 is 1.69 bits per heavy atom. The number of nitrogens with one attached hydrogen (secondary N) is 1. The average Bonchev–Trinajstić information content (AvgIpc) is 3.55. The maximum Gasteiger partial charge on any atom is 0.318 e. The SMILES string of the molecule is COc1ccc2nc(NC(=O)C(CC3CCCC3)c3ccc(S(=O)(=O)N(CC(=O)O)CC(=O)O)cc3)sc2n1. The number of benzene rings is 1. The maximum absolute atomic E-state index is 13.5. The quantitative estimate of drug-likeness (QED) is 0.290. The molecule has 39 heavy (non-hydrogen) atoms. The number of aliphatic carboxylic acids is 2. The summed E-state index contributed by atoms with van der Waals surface area (Å²) >= 11 is 1.21. The van der Waals surface area contributed by atoms with Crippen molar-refractivity contribution in [2.75, 3.05) is 25.5 Å². The second-order valence-corrected chi connectivity index (χ2v) is 12.2. The molecule has 208 valence electrons. The van der Waals surface area contributed by atoms with E-state index in [0.717, 1.165) is 25.7 Å². The number of ether oxygens (including phenoxy) is 1. The number of sulfonamides is 1. The summed E-state index contributed by atoms with van der Waals surface area (Å²) < 4.78 is 31.5. The summed E-state index contributed by atoms with van der Waals surface area (Å²) in [7, 11) is -2.89. The summed E-state index contributed by atoms with van der Waals surface area (Å²) in [5.41, 5.74) is 1.20. The summed E-state index contributed by atoms with van der Waals surface area (Å²) in [5.74, 6) is -3.06. The van der Waals surface area contributed by atoms with Gasteiger partial charge in [-0.1, -0.05) is 49.2 Å². The fourth-order valence-corrected chi connectivity index (χ4v) is 6.85. The minimum Gasteiger partial charge on any atom is -0.481 e. The van der Waals surface area contributed by atoms with Crippen LogP contribution >= 0.6 is 11.3 Å². The first-order valence-electron chi connectivity index (χ1n) is 12.2. The van der Waals surface area contributed by atoms with E-state index in [2.05, 4.69) is 15.3 Å². The predicted molar refractivity (Wildman–Crippen MR) is 142 cm³/mol. The number of hydrogen-bond donors (Lipinski definition) is 3. The molecule has 0 radical (unpaired) electrons. The molecule has 3 aromatic rings. The number of carboxylic acid groups (broad SMARTS) is 2. The lowest BCUT2D eigenvalue weighted by Crippen LogP contribution is -2.39. The van der Waals surface area contributed by atoms with E-state index >= 15 is 0 Å². The smallest absolute Gasteiger partial charge is 0.318 e. The summed E-state index contributed by atoms with van der Waals surface area (Å²) in [4.78, 5) is 44.9. The van der Waals surface area contributed by atoms with Gasteiger partial charge in [-0.25, -0.2) is 18.4 Å². The molecule has 4 rings (SSSR count). The number of amides is 1. The zero-order valence-corrected chi connectivity index (χ0v) is 22.7. The van der Waals surface area contributed by atoms with Crippen molar-refractivity contribution < 1.29 is 37.8 Å². The third-order valence-corrected chi connectivity index (χ3v) is 9.26. The molecule has 3 N–H and O–H groups in total. The highest BCUT2D eigenvalue weighted by atomic mass is 32.2. The molecule has 1 saturated carbocycles. The Labute approximate surface area is 228 Å². The van der Waals surface area contributed by atoms with Gasteiger partial charge in [0.2, 0.25) is 21.8 Å². The summed E-state index contributed by atoms with van der Waals surface area (Å²) in [6, 6.07) is 8.99. The Bertz CT molecular complexity index is 1450. The minimum absolute atomic E-state index is 0.264. The van der Waals surface area contributed by atoms with Crippen LogP contribution in [-0.4, -0.2) is 70.9 Å². The number of rotatable bonds is 12. The molecule has 0 aliphatic heterocycles. The van der Waals surface area contributed by atoms with Crippen LogP contribution in [0.15, 0.2) is 41.3 Å².